The van der Waals surface area contributed by atoms with Gasteiger partial charge in [0.1, 0.15) is 0 Å². The second-order valence-corrected chi connectivity index (χ2v) is 6.74. The number of nitrogens with one attached hydrogen (secondary N) is 1. The molecule has 1 N–H and O–H groups in total. The molecule has 1 aromatic carbocycles. The fourth-order valence-electron chi connectivity index (χ4n) is 1.70. The molecule has 20 heavy (non-hydrogen) atoms. The average Bonchev–Trinajstić information content (AvgIpc) is 2.40. The lowest BCUT2D eigenvalue weighted by atomic mass is 9.95. The van der Waals surface area contributed by atoms with Crippen LogP contribution in [0.2, 0.25) is 0 Å². The third-order valence-electron chi connectivity index (χ3n) is 2.85. The predicted molar refractivity (Wildman–Crippen MR) is 86.8 cm³/mol. The number of thioether (sulfide) groups is 1. The fraction of sp³-hybridized carbons (Fsp3) is 0.235. The first-order valence-corrected chi connectivity index (χ1v) is 7.41. The van der Waals surface area contributed by atoms with E-state index in [4.69, 9.17) is 0 Å². The quantitative estimate of drug-likeness (QED) is 0.839. The van der Waals surface area contributed by atoms with Gasteiger partial charge in [-0.1, -0.05) is 50.7 Å². The Morgan fingerprint density at radius 3 is 2.40 bits per heavy atom. The molecule has 0 radical (unpaired) electrons. The van der Waals surface area contributed by atoms with Crippen LogP contribution in [0, 0.1) is 5.41 Å². The largest absolute Gasteiger partial charge is 0.329 e. The number of hydrogen-bond donors (Lipinski definition) is 1. The summed E-state index contributed by atoms with van der Waals surface area (Å²) in [4.78, 5) is 16.9. The monoisotopic (exact) mass is 285 g/mol. The van der Waals surface area contributed by atoms with Crippen LogP contribution in [-0.4, -0.2) is 4.98 Å². The Bertz CT molecular complexity index is 650. The highest BCUT2D eigenvalue weighted by atomic mass is 32.2. The van der Waals surface area contributed by atoms with Crippen LogP contribution in [0.5, 0.6) is 0 Å². The Morgan fingerprint density at radius 1 is 1.10 bits per heavy atom. The summed E-state index contributed by atoms with van der Waals surface area (Å²) in [6.45, 7) is 6.48. The van der Waals surface area contributed by atoms with Crippen molar-refractivity contribution in [2.45, 2.75) is 25.7 Å². The van der Waals surface area contributed by atoms with Crippen molar-refractivity contribution in [2.75, 3.05) is 0 Å². The summed E-state index contributed by atoms with van der Waals surface area (Å²) >= 11 is 1.71. The minimum Gasteiger partial charge on any atom is -0.329 e. The molecule has 0 aliphatic carbocycles. The van der Waals surface area contributed by atoms with E-state index in [2.05, 4.69) is 37.9 Å². The predicted octanol–water partition coefficient (Wildman–Crippen LogP) is 4.55. The Morgan fingerprint density at radius 2 is 1.80 bits per heavy atom. The number of pyridine rings is 1. The number of hydrogen-bond acceptors (Lipinski definition) is 2. The minimum absolute atomic E-state index is 0.0111. The van der Waals surface area contributed by atoms with Gasteiger partial charge in [0.2, 0.25) is 0 Å². The Balaban J connectivity index is 2.39. The molecular weight excluding hydrogens is 266 g/mol. The van der Waals surface area contributed by atoms with E-state index in [-0.39, 0.29) is 11.0 Å². The molecular formula is C17H19NOS. The summed E-state index contributed by atoms with van der Waals surface area (Å²) in [5, 5.41) is 0. The first kappa shape index (κ1) is 14.7. The highest BCUT2D eigenvalue weighted by Gasteiger charge is 2.18. The molecule has 2 rings (SSSR count). The second kappa shape index (κ2) is 6.14. The standard InChI is InChI=1S/C17H19NOS/c1-17(2,3)15(20-14-9-5-4-6-10-14)12-13-8-7-11-18-16(13)19/h4-12H,1-3H3,(H,18,19). The number of aromatic nitrogens is 1. The van der Waals surface area contributed by atoms with E-state index < -0.39 is 0 Å². The van der Waals surface area contributed by atoms with Crippen molar-refractivity contribution in [2.24, 2.45) is 5.41 Å². The smallest absolute Gasteiger partial charge is 0.255 e. The van der Waals surface area contributed by atoms with Gasteiger partial charge in [0, 0.05) is 16.7 Å². The van der Waals surface area contributed by atoms with Crippen LogP contribution in [0.4, 0.5) is 0 Å². The molecule has 0 unspecified atom stereocenters. The maximum absolute atomic E-state index is 11.8. The molecule has 2 aromatic rings. The molecule has 0 aliphatic rings. The topological polar surface area (TPSA) is 32.9 Å². The third kappa shape index (κ3) is 3.87. The maximum atomic E-state index is 11.8. The Labute approximate surface area is 123 Å². The molecule has 3 heteroatoms. The summed E-state index contributed by atoms with van der Waals surface area (Å²) in [7, 11) is 0. The van der Waals surface area contributed by atoms with Gasteiger partial charge in [-0.2, -0.15) is 0 Å². The number of allylic oxidation sites excluding steroid dienone is 1. The zero-order valence-corrected chi connectivity index (χ0v) is 12.8. The van der Waals surface area contributed by atoms with E-state index in [0.29, 0.717) is 5.56 Å². The zero-order chi connectivity index (χ0) is 14.6. The normalized spacial score (nSPS) is 12.4. The maximum Gasteiger partial charge on any atom is 0.255 e. The van der Waals surface area contributed by atoms with Crippen molar-refractivity contribution in [1.82, 2.24) is 4.98 Å². The molecule has 2 nitrogen and oxygen atoms in total. The molecule has 0 bridgehead atoms. The molecule has 1 heterocycles. The minimum atomic E-state index is -0.0529. The van der Waals surface area contributed by atoms with E-state index in [1.165, 1.54) is 9.80 Å². The number of benzene rings is 1. The van der Waals surface area contributed by atoms with Crippen molar-refractivity contribution >= 4 is 17.8 Å². The van der Waals surface area contributed by atoms with Gasteiger partial charge in [-0.25, -0.2) is 0 Å². The van der Waals surface area contributed by atoms with Gasteiger partial charge in [-0.05, 0) is 40.7 Å². The van der Waals surface area contributed by atoms with Crippen LogP contribution in [0.1, 0.15) is 26.3 Å². The van der Waals surface area contributed by atoms with Gasteiger partial charge < -0.3 is 4.98 Å². The van der Waals surface area contributed by atoms with E-state index in [9.17, 15) is 4.79 Å². The summed E-state index contributed by atoms with van der Waals surface area (Å²) in [6, 6.07) is 13.9. The molecule has 1 aromatic heterocycles. The lowest BCUT2D eigenvalue weighted by Crippen LogP contribution is -2.11. The zero-order valence-electron chi connectivity index (χ0n) is 12.0. The number of H-pyrrole nitrogens is 1. The van der Waals surface area contributed by atoms with Gasteiger partial charge in [0.25, 0.3) is 5.56 Å². The highest BCUT2D eigenvalue weighted by molar-refractivity contribution is 8.03. The first-order valence-electron chi connectivity index (χ1n) is 6.59. The van der Waals surface area contributed by atoms with Gasteiger partial charge >= 0.3 is 0 Å². The van der Waals surface area contributed by atoms with Crippen molar-refractivity contribution in [3.63, 3.8) is 0 Å². The van der Waals surface area contributed by atoms with E-state index in [1.54, 1.807) is 18.0 Å². The van der Waals surface area contributed by atoms with Crippen molar-refractivity contribution in [1.29, 1.82) is 0 Å². The van der Waals surface area contributed by atoms with Crippen LogP contribution >= 0.6 is 11.8 Å². The van der Waals surface area contributed by atoms with E-state index in [0.717, 1.165) is 0 Å². The molecule has 0 saturated carbocycles. The van der Waals surface area contributed by atoms with Crippen LogP contribution in [-0.2, 0) is 0 Å². The Kier molecular flexibility index (Phi) is 4.50. The molecule has 0 saturated heterocycles. The van der Waals surface area contributed by atoms with Gasteiger partial charge in [0.15, 0.2) is 0 Å². The van der Waals surface area contributed by atoms with Crippen molar-refractivity contribution in [3.05, 3.63) is 69.5 Å². The lowest BCUT2D eigenvalue weighted by molar-refractivity contribution is 0.536. The summed E-state index contributed by atoms with van der Waals surface area (Å²) in [5.41, 5.74) is 0.631. The van der Waals surface area contributed by atoms with Crippen molar-refractivity contribution < 1.29 is 0 Å². The van der Waals surface area contributed by atoms with Gasteiger partial charge in [-0.3, -0.25) is 4.79 Å². The lowest BCUT2D eigenvalue weighted by Gasteiger charge is -2.22. The summed E-state index contributed by atoms with van der Waals surface area (Å²) < 4.78 is 0. The van der Waals surface area contributed by atoms with Gasteiger partial charge in [0.05, 0.1) is 0 Å². The first-order chi connectivity index (χ1) is 9.47. The molecule has 0 spiro atoms. The third-order valence-corrected chi connectivity index (χ3v) is 4.30. The summed E-state index contributed by atoms with van der Waals surface area (Å²) in [5.74, 6) is 0. The van der Waals surface area contributed by atoms with Crippen LogP contribution in [0.25, 0.3) is 6.08 Å². The molecule has 0 amide bonds. The van der Waals surface area contributed by atoms with Crippen LogP contribution < -0.4 is 5.56 Å². The number of aromatic amines is 1. The second-order valence-electron chi connectivity index (χ2n) is 5.63. The van der Waals surface area contributed by atoms with Crippen molar-refractivity contribution in [3.8, 4) is 0 Å². The Hall–Kier alpha value is -1.74. The average molecular weight is 285 g/mol. The summed E-state index contributed by atoms with van der Waals surface area (Å²) in [6.07, 6.45) is 3.64. The van der Waals surface area contributed by atoms with Gasteiger partial charge in [-0.15, -0.1) is 0 Å². The fourth-order valence-corrected chi connectivity index (χ4v) is 2.74. The molecule has 0 aliphatic heterocycles. The number of rotatable bonds is 3. The molecule has 0 fully saturated rings. The SMILES string of the molecule is CC(C)(C)C(=Cc1ccc[nH]c1=O)Sc1ccccc1. The van der Waals surface area contributed by atoms with Crippen LogP contribution in [0.15, 0.2) is 63.3 Å². The molecule has 104 valence electrons. The van der Waals surface area contributed by atoms with Crippen LogP contribution in [0.3, 0.4) is 0 Å². The highest BCUT2D eigenvalue weighted by Crippen LogP contribution is 2.39. The molecule has 0 atom stereocenters. The van der Waals surface area contributed by atoms with E-state index in [1.807, 2.05) is 36.4 Å². The van der Waals surface area contributed by atoms with E-state index >= 15 is 0 Å².